The number of non-ortho nitro benzene ring substituents is 1. The van der Waals surface area contributed by atoms with E-state index in [9.17, 15) is 14.9 Å². The van der Waals surface area contributed by atoms with Crippen LogP contribution >= 0.6 is 0 Å². The van der Waals surface area contributed by atoms with Gasteiger partial charge in [-0.1, -0.05) is 0 Å². The Morgan fingerprint density at radius 3 is 2.81 bits per heavy atom. The highest BCUT2D eigenvalue weighted by molar-refractivity contribution is 5.72. The van der Waals surface area contributed by atoms with E-state index in [4.69, 9.17) is 9.15 Å². The number of rotatable bonds is 6. The third-order valence-electron chi connectivity index (χ3n) is 4.74. The van der Waals surface area contributed by atoms with Crippen molar-refractivity contribution in [3.63, 3.8) is 0 Å². The molecule has 9 nitrogen and oxygen atoms in total. The monoisotopic (exact) mass is 374 g/mol. The number of ether oxygens (including phenoxy) is 1. The van der Waals surface area contributed by atoms with Crippen LogP contribution in [0.1, 0.15) is 38.6 Å². The minimum Gasteiger partial charge on any atom is -0.466 e. The molecule has 144 valence electrons. The minimum absolute atomic E-state index is 0.00480. The van der Waals surface area contributed by atoms with Crippen molar-refractivity contribution in [2.24, 2.45) is 5.92 Å². The van der Waals surface area contributed by atoms with E-state index in [2.05, 4.69) is 15.1 Å². The largest absolute Gasteiger partial charge is 0.466 e. The van der Waals surface area contributed by atoms with Crippen molar-refractivity contribution in [1.82, 2.24) is 15.1 Å². The predicted molar refractivity (Wildman–Crippen MR) is 95.7 cm³/mol. The van der Waals surface area contributed by atoms with Crippen molar-refractivity contribution in [2.45, 2.75) is 32.7 Å². The van der Waals surface area contributed by atoms with E-state index in [1.54, 1.807) is 19.1 Å². The lowest BCUT2D eigenvalue weighted by atomic mass is 9.97. The molecule has 0 amide bonds. The SMILES string of the molecule is CCOC(=O)[C@H]1CCCN([C@H](C)c2nnc(-c3ccc([N+](=O)[O-])cc3)o2)C1. The van der Waals surface area contributed by atoms with Crippen LogP contribution in [0.25, 0.3) is 11.5 Å². The summed E-state index contributed by atoms with van der Waals surface area (Å²) in [6, 6.07) is 5.82. The molecule has 3 rings (SSSR count). The van der Waals surface area contributed by atoms with Gasteiger partial charge in [-0.25, -0.2) is 0 Å². The van der Waals surface area contributed by atoms with Gasteiger partial charge in [0, 0.05) is 24.2 Å². The Bertz CT molecular complexity index is 804. The minimum atomic E-state index is -0.457. The molecule has 9 heteroatoms. The van der Waals surface area contributed by atoms with Gasteiger partial charge in [-0.3, -0.25) is 19.8 Å². The van der Waals surface area contributed by atoms with Crippen LogP contribution in [-0.4, -0.2) is 45.7 Å². The second kappa shape index (κ2) is 8.26. The first kappa shape index (κ1) is 19.0. The molecule has 1 aliphatic heterocycles. The Hall–Kier alpha value is -2.81. The van der Waals surface area contributed by atoms with E-state index < -0.39 is 4.92 Å². The summed E-state index contributed by atoms with van der Waals surface area (Å²) in [7, 11) is 0. The molecule has 0 saturated carbocycles. The number of nitro benzene ring substituents is 1. The maximum Gasteiger partial charge on any atom is 0.310 e. The lowest BCUT2D eigenvalue weighted by Gasteiger charge is -2.34. The molecule has 1 aromatic heterocycles. The van der Waals surface area contributed by atoms with Crippen LogP contribution in [0.3, 0.4) is 0 Å². The number of hydrogen-bond donors (Lipinski definition) is 0. The number of carbonyl (C=O) groups excluding carboxylic acids is 1. The standard InChI is InChI=1S/C18H22N4O5/c1-3-26-18(23)14-5-4-10-21(11-14)12(2)16-19-20-17(27-16)13-6-8-15(9-7-13)22(24)25/h6-9,12,14H,3-5,10-11H2,1-2H3/t12-,14+/m1/s1. The average Bonchev–Trinajstić information content (AvgIpc) is 3.18. The lowest BCUT2D eigenvalue weighted by Crippen LogP contribution is -2.40. The van der Waals surface area contributed by atoms with Gasteiger partial charge in [-0.05, 0) is 45.4 Å². The smallest absolute Gasteiger partial charge is 0.310 e. The number of carbonyl (C=O) groups is 1. The first-order valence-electron chi connectivity index (χ1n) is 8.98. The molecule has 0 N–H and O–H groups in total. The molecule has 0 aliphatic carbocycles. The summed E-state index contributed by atoms with van der Waals surface area (Å²) >= 11 is 0. The highest BCUT2D eigenvalue weighted by atomic mass is 16.6. The van der Waals surface area contributed by atoms with E-state index in [-0.39, 0.29) is 23.6 Å². The van der Waals surface area contributed by atoms with Crippen LogP contribution in [0.4, 0.5) is 5.69 Å². The van der Waals surface area contributed by atoms with Crippen molar-refractivity contribution >= 4 is 11.7 Å². The molecule has 1 fully saturated rings. The zero-order valence-electron chi connectivity index (χ0n) is 15.3. The summed E-state index contributed by atoms with van der Waals surface area (Å²) in [5, 5.41) is 18.9. The van der Waals surface area contributed by atoms with Gasteiger partial charge in [0.05, 0.1) is 23.5 Å². The van der Waals surface area contributed by atoms with E-state index >= 15 is 0 Å². The second-order valence-electron chi connectivity index (χ2n) is 6.51. The van der Waals surface area contributed by atoms with E-state index in [1.807, 2.05) is 6.92 Å². The number of hydrogen-bond acceptors (Lipinski definition) is 8. The Balaban J connectivity index is 1.70. The zero-order chi connectivity index (χ0) is 19.4. The van der Waals surface area contributed by atoms with Gasteiger partial charge in [-0.15, -0.1) is 10.2 Å². The zero-order valence-corrected chi connectivity index (χ0v) is 15.3. The van der Waals surface area contributed by atoms with Crippen molar-refractivity contribution < 1.29 is 18.9 Å². The molecule has 0 radical (unpaired) electrons. The molecule has 1 aromatic carbocycles. The molecule has 27 heavy (non-hydrogen) atoms. The van der Waals surface area contributed by atoms with Gasteiger partial charge in [-0.2, -0.15) is 0 Å². The molecule has 2 heterocycles. The summed E-state index contributed by atoms with van der Waals surface area (Å²) in [6.07, 6.45) is 1.72. The summed E-state index contributed by atoms with van der Waals surface area (Å²) in [5.74, 6) is 0.461. The predicted octanol–water partition coefficient (Wildman–Crippen LogP) is 2.98. The van der Waals surface area contributed by atoms with Gasteiger partial charge in [0.15, 0.2) is 0 Å². The molecule has 0 spiro atoms. The number of piperidine rings is 1. The van der Waals surface area contributed by atoms with Crippen LogP contribution in [0, 0.1) is 16.0 Å². The highest BCUT2D eigenvalue weighted by Gasteiger charge is 2.31. The van der Waals surface area contributed by atoms with E-state index in [0.29, 0.717) is 30.5 Å². The molecule has 1 saturated heterocycles. The van der Waals surface area contributed by atoms with Crippen LogP contribution in [-0.2, 0) is 9.53 Å². The topological polar surface area (TPSA) is 112 Å². The lowest BCUT2D eigenvalue weighted by molar-refractivity contribution is -0.384. The van der Waals surface area contributed by atoms with Crippen LogP contribution < -0.4 is 0 Å². The molecule has 0 bridgehead atoms. The third-order valence-corrected chi connectivity index (χ3v) is 4.74. The number of nitrogens with zero attached hydrogens (tertiary/aromatic N) is 4. The first-order valence-corrected chi connectivity index (χ1v) is 8.98. The fourth-order valence-corrected chi connectivity index (χ4v) is 3.21. The Labute approximate surface area is 156 Å². The molecular formula is C18H22N4O5. The number of likely N-dealkylation sites (tertiary alicyclic amines) is 1. The normalized spacial score (nSPS) is 18.8. The maximum absolute atomic E-state index is 12.0. The fourth-order valence-electron chi connectivity index (χ4n) is 3.21. The van der Waals surface area contributed by atoms with Gasteiger partial charge in [0.25, 0.3) is 5.69 Å². The second-order valence-corrected chi connectivity index (χ2v) is 6.51. The van der Waals surface area contributed by atoms with Crippen LogP contribution in [0.2, 0.25) is 0 Å². The summed E-state index contributed by atoms with van der Waals surface area (Å²) in [4.78, 5) is 24.4. The molecule has 1 aliphatic rings. The fraction of sp³-hybridized carbons (Fsp3) is 0.500. The maximum atomic E-state index is 12.0. The summed E-state index contributed by atoms with van der Waals surface area (Å²) in [5.41, 5.74) is 0.625. The van der Waals surface area contributed by atoms with E-state index in [0.717, 1.165) is 19.4 Å². The average molecular weight is 374 g/mol. The van der Waals surface area contributed by atoms with Crippen molar-refractivity contribution in [3.8, 4) is 11.5 Å². The van der Waals surface area contributed by atoms with Gasteiger partial charge in [0.2, 0.25) is 11.8 Å². The van der Waals surface area contributed by atoms with Gasteiger partial charge < -0.3 is 9.15 Å². The molecule has 2 aromatic rings. The van der Waals surface area contributed by atoms with Crippen molar-refractivity contribution in [3.05, 3.63) is 40.3 Å². The number of benzene rings is 1. The van der Waals surface area contributed by atoms with E-state index in [1.165, 1.54) is 12.1 Å². The number of esters is 1. The number of aromatic nitrogens is 2. The molecule has 2 atom stereocenters. The van der Waals surface area contributed by atoms with Crippen LogP contribution in [0.15, 0.2) is 28.7 Å². The van der Waals surface area contributed by atoms with Crippen molar-refractivity contribution in [2.75, 3.05) is 19.7 Å². The highest BCUT2D eigenvalue weighted by Crippen LogP contribution is 2.29. The molecule has 0 unspecified atom stereocenters. The quantitative estimate of drug-likeness (QED) is 0.431. The Kier molecular flexibility index (Phi) is 5.80. The van der Waals surface area contributed by atoms with Crippen LogP contribution in [0.5, 0.6) is 0 Å². The molecular weight excluding hydrogens is 352 g/mol. The van der Waals surface area contributed by atoms with Gasteiger partial charge in [0.1, 0.15) is 0 Å². The number of nitro groups is 1. The Morgan fingerprint density at radius 2 is 2.15 bits per heavy atom. The Morgan fingerprint density at radius 1 is 1.41 bits per heavy atom. The summed E-state index contributed by atoms with van der Waals surface area (Å²) in [6.45, 7) is 5.58. The third kappa shape index (κ3) is 4.30. The van der Waals surface area contributed by atoms with Gasteiger partial charge >= 0.3 is 5.97 Å². The van der Waals surface area contributed by atoms with Crippen molar-refractivity contribution in [1.29, 1.82) is 0 Å². The first-order chi connectivity index (χ1) is 13.0. The summed E-state index contributed by atoms with van der Waals surface area (Å²) < 4.78 is 10.9.